The van der Waals surface area contributed by atoms with E-state index in [1.54, 1.807) is 24.3 Å². The van der Waals surface area contributed by atoms with E-state index in [0.717, 1.165) is 0 Å². The molecule has 0 amide bonds. The second-order valence-corrected chi connectivity index (χ2v) is 4.81. The van der Waals surface area contributed by atoms with Crippen LogP contribution in [0.2, 0.25) is 0 Å². The number of nitrogens with zero attached hydrogens (tertiary/aromatic N) is 1. The molecule has 0 fully saturated rings. The number of aromatic nitrogens is 1. The maximum Gasteiger partial charge on any atom is 0.362 e. The van der Waals surface area contributed by atoms with Crippen molar-refractivity contribution in [2.75, 3.05) is 0 Å². The molecule has 0 spiro atoms. The molecule has 0 atom stereocenters. The van der Waals surface area contributed by atoms with Gasteiger partial charge in [-0.2, -0.15) is 0 Å². The summed E-state index contributed by atoms with van der Waals surface area (Å²) in [5, 5.41) is 11.8. The molecule has 0 unspecified atom stereocenters. The molecule has 0 aliphatic heterocycles. The third-order valence-corrected chi connectivity index (χ3v) is 3.46. The molecule has 0 saturated carbocycles. The van der Waals surface area contributed by atoms with E-state index in [9.17, 15) is 9.90 Å². The molecule has 0 bridgehead atoms. The van der Waals surface area contributed by atoms with Crippen LogP contribution in [-0.4, -0.2) is 10.1 Å². The Bertz CT molecular complexity index is 803. The first kappa shape index (κ1) is 11.7. The highest BCUT2D eigenvalue weighted by atomic mass is 32.1. The van der Waals surface area contributed by atoms with E-state index in [-0.39, 0.29) is 11.5 Å². The Hall–Kier alpha value is -2.40. The number of benzene rings is 1. The van der Waals surface area contributed by atoms with Crippen LogP contribution in [0.1, 0.15) is 10.6 Å². The highest BCUT2D eigenvalue weighted by molar-refractivity contribution is 7.11. The van der Waals surface area contributed by atoms with Gasteiger partial charge in [0, 0.05) is 6.08 Å². The number of aliphatic hydroxyl groups excluding tert-OH is 1. The maximum atomic E-state index is 11.8. The second kappa shape index (κ2) is 4.70. The smallest absolute Gasteiger partial charge is 0.362 e. The average Bonchev–Trinajstić information content (AvgIpc) is 2.93. The maximum absolute atomic E-state index is 11.8. The van der Waals surface area contributed by atoms with Crippen molar-refractivity contribution in [3.8, 4) is 0 Å². The lowest BCUT2D eigenvalue weighted by Gasteiger charge is -1.98. The summed E-state index contributed by atoms with van der Waals surface area (Å²) in [7, 11) is 0. The lowest BCUT2D eigenvalue weighted by Crippen LogP contribution is -2.06. The van der Waals surface area contributed by atoms with Gasteiger partial charge in [-0.25, -0.2) is 9.78 Å². The van der Waals surface area contributed by atoms with E-state index >= 15 is 0 Å². The Kier molecular flexibility index (Phi) is 2.89. The molecule has 0 radical (unpaired) electrons. The zero-order valence-electron chi connectivity index (χ0n) is 9.74. The lowest BCUT2D eigenvalue weighted by molar-refractivity contribution is 0.516. The Morgan fingerprint density at radius 1 is 1.26 bits per heavy atom. The van der Waals surface area contributed by atoms with Crippen molar-refractivity contribution < 1.29 is 9.52 Å². The zero-order chi connectivity index (χ0) is 13.2. The number of para-hydroxylation sites is 2. The quantitative estimate of drug-likeness (QED) is 0.726. The molecule has 0 aliphatic carbocycles. The van der Waals surface area contributed by atoms with Crippen LogP contribution >= 0.6 is 11.3 Å². The zero-order valence-corrected chi connectivity index (χ0v) is 10.6. The summed E-state index contributed by atoms with van der Waals surface area (Å²) in [5.41, 5.74) is 0.527. The van der Waals surface area contributed by atoms with Gasteiger partial charge in [-0.05, 0) is 23.6 Å². The number of hydrogen-bond acceptors (Lipinski definition) is 5. The molecule has 2 aromatic heterocycles. The molecule has 94 valence electrons. The number of hydrogen-bond donors (Lipinski definition) is 1. The minimum absolute atomic E-state index is 0.00470. The summed E-state index contributed by atoms with van der Waals surface area (Å²) in [6.07, 6.45) is 1.32. The molecule has 19 heavy (non-hydrogen) atoms. The van der Waals surface area contributed by atoms with Crippen LogP contribution in [0.3, 0.4) is 0 Å². The predicted octanol–water partition coefficient (Wildman–Crippen LogP) is 3.31. The monoisotopic (exact) mass is 271 g/mol. The van der Waals surface area contributed by atoms with Gasteiger partial charge < -0.3 is 9.52 Å². The third-order valence-electron chi connectivity index (χ3n) is 2.57. The van der Waals surface area contributed by atoms with Gasteiger partial charge in [0.2, 0.25) is 0 Å². The van der Waals surface area contributed by atoms with Crippen LogP contribution in [0, 0.1) is 0 Å². The predicted molar refractivity (Wildman–Crippen MR) is 75.1 cm³/mol. The minimum Gasteiger partial charge on any atom is -0.506 e. The summed E-state index contributed by atoms with van der Waals surface area (Å²) in [4.78, 5) is 16.6. The molecule has 1 N–H and O–H groups in total. The number of aliphatic hydroxyl groups is 1. The summed E-state index contributed by atoms with van der Waals surface area (Å²) >= 11 is 1.38. The minimum atomic E-state index is -0.568. The topological polar surface area (TPSA) is 63.3 Å². The molecule has 5 heteroatoms. The fourth-order valence-electron chi connectivity index (χ4n) is 1.68. The molecule has 0 saturated heterocycles. The molecular weight excluding hydrogens is 262 g/mol. The van der Waals surface area contributed by atoms with Gasteiger partial charge in [0.15, 0.2) is 11.3 Å². The largest absolute Gasteiger partial charge is 0.506 e. The Labute approximate surface area is 112 Å². The van der Waals surface area contributed by atoms with Crippen LogP contribution in [0.15, 0.2) is 51.0 Å². The Morgan fingerprint density at radius 2 is 2.11 bits per heavy atom. The van der Waals surface area contributed by atoms with E-state index in [4.69, 9.17) is 4.42 Å². The molecule has 3 rings (SSSR count). The van der Waals surface area contributed by atoms with Crippen molar-refractivity contribution in [3.63, 3.8) is 0 Å². The second-order valence-electron chi connectivity index (χ2n) is 3.86. The van der Waals surface area contributed by atoms with E-state index < -0.39 is 5.63 Å². The van der Waals surface area contributed by atoms with Crippen LogP contribution in [0.5, 0.6) is 0 Å². The molecule has 4 nitrogen and oxygen atoms in total. The fraction of sp³-hybridized carbons (Fsp3) is 0. The molecule has 1 aromatic carbocycles. The first-order valence-electron chi connectivity index (χ1n) is 5.58. The van der Waals surface area contributed by atoms with Crippen molar-refractivity contribution in [2.45, 2.75) is 0 Å². The van der Waals surface area contributed by atoms with Gasteiger partial charge >= 0.3 is 5.63 Å². The summed E-state index contributed by atoms with van der Waals surface area (Å²) in [5.74, 6) is 0.00470. The standard InChI is InChI=1S/C14H9NO3S/c16-11(13-6-3-7-19-13)8-10-14(17)18-12-5-2-1-4-9(12)15-10/h1-8,16H. The number of fused-ring (bicyclic) bond motifs is 1. The summed E-state index contributed by atoms with van der Waals surface area (Å²) < 4.78 is 5.14. The van der Waals surface area contributed by atoms with Crippen LogP contribution in [0.4, 0.5) is 0 Å². The highest BCUT2D eigenvalue weighted by Crippen LogP contribution is 2.19. The SMILES string of the molecule is O=c1oc2ccccc2nc1C=C(O)c1cccs1. The molecule has 3 aromatic rings. The lowest BCUT2D eigenvalue weighted by atomic mass is 10.3. The van der Waals surface area contributed by atoms with E-state index in [0.29, 0.717) is 16.0 Å². The Morgan fingerprint density at radius 3 is 2.89 bits per heavy atom. The fourth-order valence-corrected chi connectivity index (χ4v) is 2.32. The van der Waals surface area contributed by atoms with Gasteiger partial charge in [-0.15, -0.1) is 11.3 Å². The van der Waals surface area contributed by atoms with Crippen molar-refractivity contribution >= 4 is 34.3 Å². The van der Waals surface area contributed by atoms with Gasteiger partial charge in [-0.1, -0.05) is 18.2 Å². The van der Waals surface area contributed by atoms with Gasteiger partial charge in [0.05, 0.1) is 4.88 Å². The van der Waals surface area contributed by atoms with Crippen molar-refractivity contribution in [2.24, 2.45) is 0 Å². The molecular formula is C14H9NO3S. The van der Waals surface area contributed by atoms with Crippen LogP contribution < -0.4 is 5.63 Å². The van der Waals surface area contributed by atoms with Crippen molar-refractivity contribution in [1.29, 1.82) is 0 Å². The van der Waals surface area contributed by atoms with Gasteiger partial charge in [0.1, 0.15) is 11.3 Å². The van der Waals surface area contributed by atoms with E-state index in [2.05, 4.69) is 4.98 Å². The van der Waals surface area contributed by atoms with Gasteiger partial charge in [0.25, 0.3) is 0 Å². The third kappa shape index (κ3) is 2.28. The summed E-state index contributed by atoms with van der Waals surface area (Å²) in [6, 6.07) is 10.6. The first-order chi connectivity index (χ1) is 9.24. The van der Waals surface area contributed by atoms with E-state index in [1.807, 2.05) is 17.5 Å². The average molecular weight is 271 g/mol. The first-order valence-corrected chi connectivity index (χ1v) is 6.46. The van der Waals surface area contributed by atoms with Crippen molar-refractivity contribution in [1.82, 2.24) is 4.98 Å². The van der Waals surface area contributed by atoms with Crippen molar-refractivity contribution in [3.05, 3.63) is 62.8 Å². The van der Waals surface area contributed by atoms with Crippen LogP contribution in [-0.2, 0) is 0 Å². The van der Waals surface area contributed by atoms with Crippen LogP contribution in [0.25, 0.3) is 22.9 Å². The normalized spacial score (nSPS) is 11.9. The summed E-state index contributed by atoms with van der Waals surface area (Å²) in [6.45, 7) is 0. The number of thiophene rings is 1. The van der Waals surface area contributed by atoms with E-state index in [1.165, 1.54) is 17.4 Å². The molecule has 0 aliphatic rings. The Balaban J connectivity index is 2.13. The molecule has 2 heterocycles. The van der Waals surface area contributed by atoms with Gasteiger partial charge in [-0.3, -0.25) is 0 Å². The number of rotatable bonds is 2. The highest BCUT2D eigenvalue weighted by Gasteiger charge is 2.07.